The minimum Gasteiger partial charge on any atom is -0.497 e. The standard InChI is InChI=1S/C14H21NO3/c1-16-11-7-10(8-12(9-11)17-2)14(15)13-5-3-4-6-18-13/h7-9,13-14H,3-6,15H2,1-2H3. The highest BCUT2D eigenvalue weighted by Gasteiger charge is 2.23. The van der Waals surface area contributed by atoms with E-state index in [0.717, 1.165) is 36.5 Å². The Morgan fingerprint density at radius 2 is 1.83 bits per heavy atom. The van der Waals surface area contributed by atoms with Gasteiger partial charge in [0.15, 0.2) is 0 Å². The Hall–Kier alpha value is -1.26. The molecule has 1 fully saturated rings. The van der Waals surface area contributed by atoms with Crippen LogP contribution in [0.25, 0.3) is 0 Å². The normalized spacial score (nSPS) is 21.4. The Bertz CT molecular complexity index is 366. The Kier molecular flexibility index (Phi) is 4.44. The van der Waals surface area contributed by atoms with E-state index in [4.69, 9.17) is 19.9 Å². The summed E-state index contributed by atoms with van der Waals surface area (Å²) in [4.78, 5) is 0. The van der Waals surface area contributed by atoms with Crippen LogP contribution in [0.5, 0.6) is 11.5 Å². The van der Waals surface area contributed by atoms with Gasteiger partial charge in [0.2, 0.25) is 0 Å². The van der Waals surface area contributed by atoms with Gasteiger partial charge in [-0.1, -0.05) is 0 Å². The molecule has 2 unspecified atom stereocenters. The van der Waals surface area contributed by atoms with Crippen molar-refractivity contribution in [3.8, 4) is 11.5 Å². The predicted molar refractivity (Wildman–Crippen MR) is 70.1 cm³/mol. The molecule has 0 amide bonds. The molecule has 2 N–H and O–H groups in total. The van der Waals surface area contributed by atoms with Gasteiger partial charge in [0.25, 0.3) is 0 Å². The van der Waals surface area contributed by atoms with Gasteiger partial charge >= 0.3 is 0 Å². The van der Waals surface area contributed by atoms with Crippen molar-refractivity contribution in [1.29, 1.82) is 0 Å². The van der Waals surface area contributed by atoms with E-state index in [1.54, 1.807) is 14.2 Å². The zero-order valence-electron chi connectivity index (χ0n) is 11.0. The summed E-state index contributed by atoms with van der Waals surface area (Å²) in [5.74, 6) is 1.52. The molecule has 0 spiro atoms. The highest BCUT2D eigenvalue weighted by atomic mass is 16.5. The molecule has 1 aromatic rings. The predicted octanol–water partition coefficient (Wildman–Crippen LogP) is 2.27. The van der Waals surface area contributed by atoms with Crippen LogP contribution in [0.2, 0.25) is 0 Å². The maximum absolute atomic E-state index is 6.28. The van der Waals surface area contributed by atoms with Gasteiger partial charge in [-0.15, -0.1) is 0 Å². The second kappa shape index (κ2) is 6.07. The average molecular weight is 251 g/mol. The van der Waals surface area contributed by atoms with E-state index >= 15 is 0 Å². The fourth-order valence-electron chi connectivity index (χ4n) is 2.29. The van der Waals surface area contributed by atoms with Crippen LogP contribution in [0.3, 0.4) is 0 Å². The van der Waals surface area contributed by atoms with Crippen LogP contribution in [-0.2, 0) is 4.74 Å². The Morgan fingerprint density at radius 1 is 1.17 bits per heavy atom. The quantitative estimate of drug-likeness (QED) is 0.892. The molecule has 4 nitrogen and oxygen atoms in total. The average Bonchev–Trinajstić information content (AvgIpc) is 2.46. The molecule has 1 aliphatic rings. The van der Waals surface area contributed by atoms with Gasteiger partial charge in [-0.25, -0.2) is 0 Å². The number of methoxy groups -OCH3 is 2. The Labute approximate surface area is 108 Å². The summed E-state index contributed by atoms with van der Waals surface area (Å²) in [5.41, 5.74) is 7.28. The second-order valence-corrected chi connectivity index (χ2v) is 4.58. The molecule has 0 saturated carbocycles. The second-order valence-electron chi connectivity index (χ2n) is 4.58. The number of hydrogen-bond acceptors (Lipinski definition) is 4. The number of benzene rings is 1. The summed E-state index contributed by atoms with van der Waals surface area (Å²) >= 11 is 0. The van der Waals surface area contributed by atoms with Gasteiger partial charge in [-0.3, -0.25) is 0 Å². The highest BCUT2D eigenvalue weighted by Crippen LogP contribution is 2.30. The van der Waals surface area contributed by atoms with E-state index in [1.165, 1.54) is 6.42 Å². The third-order valence-corrected chi connectivity index (χ3v) is 3.37. The van der Waals surface area contributed by atoms with Crippen LogP contribution in [-0.4, -0.2) is 26.9 Å². The lowest BCUT2D eigenvalue weighted by molar-refractivity contribution is -0.0000409. The molecule has 18 heavy (non-hydrogen) atoms. The third kappa shape index (κ3) is 2.94. The minimum atomic E-state index is -0.130. The molecule has 0 bridgehead atoms. The summed E-state index contributed by atoms with van der Waals surface area (Å²) in [6.45, 7) is 0.805. The third-order valence-electron chi connectivity index (χ3n) is 3.37. The number of hydrogen-bond donors (Lipinski definition) is 1. The molecule has 1 aromatic carbocycles. The van der Waals surface area contributed by atoms with Crippen LogP contribution >= 0.6 is 0 Å². The van der Waals surface area contributed by atoms with Crippen LogP contribution in [0.4, 0.5) is 0 Å². The molecule has 2 rings (SSSR count). The summed E-state index contributed by atoms with van der Waals surface area (Å²) in [7, 11) is 3.28. The topological polar surface area (TPSA) is 53.7 Å². The van der Waals surface area contributed by atoms with E-state index in [-0.39, 0.29) is 12.1 Å². The van der Waals surface area contributed by atoms with Crippen molar-refractivity contribution in [1.82, 2.24) is 0 Å². The van der Waals surface area contributed by atoms with Crippen LogP contribution in [0.1, 0.15) is 30.9 Å². The van der Waals surface area contributed by atoms with E-state index in [0.29, 0.717) is 0 Å². The number of rotatable bonds is 4. The van der Waals surface area contributed by atoms with Gasteiger partial charge in [-0.05, 0) is 37.0 Å². The molecular weight excluding hydrogens is 230 g/mol. The molecule has 1 heterocycles. The van der Waals surface area contributed by atoms with Gasteiger partial charge in [-0.2, -0.15) is 0 Å². The van der Waals surface area contributed by atoms with Crippen LogP contribution in [0.15, 0.2) is 18.2 Å². The van der Waals surface area contributed by atoms with E-state index in [9.17, 15) is 0 Å². The Morgan fingerprint density at radius 3 is 2.33 bits per heavy atom. The van der Waals surface area contributed by atoms with E-state index in [1.807, 2.05) is 18.2 Å². The molecule has 1 saturated heterocycles. The first kappa shape index (κ1) is 13.2. The molecule has 2 atom stereocenters. The number of ether oxygens (including phenoxy) is 3. The lowest BCUT2D eigenvalue weighted by Crippen LogP contribution is -2.31. The van der Waals surface area contributed by atoms with Crippen molar-refractivity contribution < 1.29 is 14.2 Å². The van der Waals surface area contributed by atoms with E-state index < -0.39 is 0 Å². The lowest BCUT2D eigenvalue weighted by Gasteiger charge is -2.28. The summed E-state index contributed by atoms with van der Waals surface area (Å²) in [6.07, 6.45) is 3.42. The number of nitrogens with two attached hydrogens (primary N) is 1. The van der Waals surface area contributed by atoms with Gasteiger partial charge < -0.3 is 19.9 Å². The highest BCUT2D eigenvalue weighted by molar-refractivity contribution is 5.40. The zero-order valence-corrected chi connectivity index (χ0v) is 11.0. The molecule has 100 valence electrons. The summed E-state index contributed by atoms with van der Waals surface area (Å²) in [5, 5.41) is 0. The fourth-order valence-corrected chi connectivity index (χ4v) is 2.29. The lowest BCUT2D eigenvalue weighted by atomic mass is 9.96. The van der Waals surface area contributed by atoms with Gasteiger partial charge in [0.1, 0.15) is 11.5 Å². The van der Waals surface area contributed by atoms with Crippen molar-refractivity contribution in [3.05, 3.63) is 23.8 Å². The van der Waals surface area contributed by atoms with Gasteiger partial charge in [0, 0.05) is 12.7 Å². The van der Waals surface area contributed by atoms with Crippen molar-refractivity contribution >= 4 is 0 Å². The largest absolute Gasteiger partial charge is 0.497 e. The fraction of sp³-hybridized carbons (Fsp3) is 0.571. The van der Waals surface area contributed by atoms with E-state index in [2.05, 4.69) is 0 Å². The Balaban J connectivity index is 2.19. The molecular formula is C14H21NO3. The van der Waals surface area contributed by atoms with Gasteiger partial charge in [0.05, 0.1) is 26.4 Å². The molecule has 4 heteroatoms. The minimum absolute atomic E-state index is 0.0931. The smallest absolute Gasteiger partial charge is 0.122 e. The summed E-state index contributed by atoms with van der Waals surface area (Å²) < 4.78 is 16.3. The first-order valence-electron chi connectivity index (χ1n) is 6.34. The van der Waals surface area contributed by atoms with Crippen LogP contribution < -0.4 is 15.2 Å². The molecule has 0 radical (unpaired) electrons. The molecule has 1 aliphatic heterocycles. The first-order chi connectivity index (χ1) is 8.74. The first-order valence-corrected chi connectivity index (χ1v) is 6.34. The maximum Gasteiger partial charge on any atom is 0.122 e. The van der Waals surface area contributed by atoms with Crippen LogP contribution in [0, 0.1) is 0 Å². The van der Waals surface area contributed by atoms with Crippen molar-refractivity contribution in [3.63, 3.8) is 0 Å². The molecule has 0 aliphatic carbocycles. The van der Waals surface area contributed by atoms with Crippen molar-refractivity contribution in [2.45, 2.75) is 31.4 Å². The summed E-state index contributed by atoms with van der Waals surface area (Å²) in [6, 6.07) is 5.61. The van der Waals surface area contributed by atoms with Crippen molar-refractivity contribution in [2.75, 3.05) is 20.8 Å². The maximum atomic E-state index is 6.28. The monoisotopic (exact) mass is 251 g/mol. The molecule has 0 aromatic heterocycles. The SMILES string of the molecule is COc1cc(OC)cc(C(N)C2CCCCO2)c1. The van der Waals surface area contributed by atoms with Crippen molar-refractivity contribution in [2.24, 2.45) is 5.73 Å². The zero-order chi connectivity index (χ0) is 13.0.